The van der Waals surface area contributed by atoms with Crippen LogP contribution in [0.15, 0.2) is 97.2 Å². The second-order valence-corrected chi connectivity index (χ2v) is 23.1. The molecule has 1 saturated heterocycles. The molecule has 1 aliphatic rings. The molecule has 3 N–H and O–H groups in total. The Morgan fingerprint density at radius 3 is 1.16 bits per heavy atom. The summed E-state index contributed by atoms with van der Waals surface area (Å²) in [6.45, 7) is 5.85. The van der Waals surface area contributed by atoms with Gasteiger partial charge in [-0.1, -0.05) is 266 Å². The Balaban J connectivity index is 2.68. The molecule has 12 nitrogen and oxygen atoms in total. The monoisotopic (exact) mass is 1190 g/mol. The summed E-state index contributed by atoms with van der Waals surface area (Å²) >= 11 is 0. The molecule has 0 bridgehead atoms. The molecule has 486 valence electrons. The standard InChI is InChI=1S/C73H122O12/c1-4-7-10-13-16-19-22-25-28-31-33-36-38-41-44-47-50-53-56-59-65(74)81-62-64(83-66(75)60-57-54-51-48-45-42-40-37-34-32-29-26-23-20-17-14-11-8-5-2)63-82-73-71(69(78)68(77)70(85-73)72(79)80)84-67(76)61-58-55-52-49-46-43-39-35-30-27-24-21-18-15-12-9-6-3/h7,10,16-17,19-20,25-26,28-29,33-34,36-37,41,44,64,68-71,73,77-78H,4-6,8-9,11-15,18,21-24,27,30-32,35,38-40,42-43,45-63H2,1-3H3,(H,79,80)/b10-7-,19-16-,20-17-,28-25-,29-26-,36-33-,37-34-,44-41-. The third kappa shape index (κ3) is 49.3. The van der Waals surface area contributed by atoms with Crippen molar-refractivity contribution in [2.45, 2.75) is 327 Å². The average Bonchev–Trinajstić information content (AvgIpc) is 3.46. The van der Waals surface area contributed by atoms with Gasteiger partial charge in [0.15, 0.2) is 24.6 Å². The fourth-order valence-corrected chi connectivity index (χ4v) is 9.93. The van der Waals surface area contributed by atoms with E-state index in [-0.39, 0.29) is 25.9 Å². The number of allylic oxidation sites excluding steroid dienone is 16. The van der Waals surface area contributed by atoms with Gasteiger partial charge >= 0.3 is 23.9 Å². The van der Waals surface area contributed by atoms with Gasteiger partial charge in [-0.05, 0) is 103 Å². The predicted molar refractivity (Wildman–Crippen MR) is 349 cm³/mol. The molecule has 1 heterocycles. The quantitative estimate of drug-likeness (QED) is 0.0228. The number of aliphatic hydroxyl groups is 2. The third-order valence-electron chi connectivity index (χ3n) is 15.1. The Morgan fingerprint density at radius 1 is 0.400 bits per heavy atom. The molecule has 0 aliphatic carbocycles. The van der Waals surface area contributed by atoms with Crippen LogP contribution in [0.3, 0.4) is 0 Å². The van der Waals surface area contributed by atoms with Crippen molar-refractivity contribution in [1.29, 1.82) is 0 Å². The minimum Gasteiger partial charge on any atom is -0.479 e. The van der Waals surface area contributed by atoms with Crippen molar-refractivity contribution in [2.24, 2.45) is 0 Å². The third-order valence-corrected chi connectivity index (χ3v) is 15.1. The van der Waals surface area contributed by atoms with E-state index in [0.29, 0.717) is 19.3 Å². The molecule has 1 fully saturated rings. The fourth-order valence-electron chi connectivity index (χ4n) is 9.93. The second kappa shape index (κ2) is 59.9. The van der Waals surface area contributed by atoms with Crippen molar-refractivity contribution in [3.05, 3.63) is 97.2 Å². The molecule has 0 aromatic carbocycles. The minimum atomic E-state index is -1.91. The van der Waals surface area contributed by atoms with Crippen molar-refractivity contribution in [2.75, 3.05) is 13.2 Å². The van der Waals surface area contributed by atoms with Crippen molar-refractivity contribution >= 4 is 23.9 Å². The lowest BCUT2D eigenvalue weighted by Gasteiger charge is -2.40. The van der Waals surface area contributed by atoms with E-state index in [1.807, 2.05) is 0 Å². The molecule has 6 unspecified atom stereocenters. The van der Waals surface area contributed by atoms with E-state index in [9.17, 15) is 34.5 Å². The van der Waals surface area contributed by atoms with Gasteiger partial charge in [-0.25, -0.2) is 4.79 Å². The van der Waals surface area contributed by atoms with Crippen molar-refractivity contribution < 1.29 is 58.2 Å². The molecule has 85 heavy (non-hydrogen) atoms. The Hall–Kier alpha value is -4.36. The Labute approximate surface area is 517 Å². The van der Waals surface area contributed by atoms with Crippen LogP contribution in [0.5, 0.6) is 0 Å². The van der Waals surface area contributed by atoms with E-state index in [2.05, 4.69) is 118 Å². The Morgan fingerprint density at radius 2 is 0.741 bits per heavy atom. The van der Waals surface area contributed by atoms with Crippen molar-refractivity contribution in [3.8, 4) is 0 Å². The summed E-state index contributed by atoms with van der Waals surface area (Å²) in [5, 5.41) is 31.7. The van der Waals surface area contributed by atoms with Gasteiger partial charge in [0.25, 0.3) is 0 Å². The number of hydrogen-bond acceptors (Lipinski definition) is 11. The van der Waals surface area contributed by atoms with E-state index >= 15 is 0 Å². The lowest BCUT2D eigenvalue weighted by Crippen LogP contribution is -2.61. The van der Waals surface area contributed by atoms with E-state index in [0.717, 1.165) is 128 Å². The molecule has 0 radical (unpaired) electrons. The lowest BCUT2D eigenvalue weighted by molar-refractivity contribution is -0.301. The molecule has 0 aromatic heterocycles. The summed E-state index contributed by atoms with van der Waals surface area (Å²) in [7, 11) is 0. The number of hydrogen-bond donors (Lipinski definition) is 3. The first-order valence-corrected chi connectivity index (χ1v) is 34.2. The number of carboxylic acid groups (broad SMARTS) is 1. The van der Waals surface area contributed by atoms with E-state index in [1.54, 1.807) is 0 Å². The van der Waals surface area contributed by atoms with Crippen LogP contribution in [0.25, 0.3) is 0 Å². The molecule has 1 aliphatic heterocycles. The molecule has 0 amide bonds. The molecule has 1 rings (SSSR count). The lowest BCUT2D eigenvalue weighted by atomic mass is 9.98. The maximum atomic E-state index is 13.2. The van der Waals surface area contributed by atoms with Gasteiger partial charge in [0, 0.05) is 19.3 Å². The van der Waals surface area contributed by atoms with Gasteiger partial charge in [-0.3, -0.25) is 14.4 Å². The first-order chi connectivity index (χ1) is 41.6. The zero-order chi connectivity index (χ0) is 61.7. The van der Waals surface area contributed by atoms with Crippen LogP contribution in [-0.4, -0.2) is 89.2 Å². The normalized spacial score (nSPS) is 18.1. The number of rotatable bonds is 58. The van der Waals surface area contributed by atoms with Crippen molar-refractivity contribution in [1.82, 2.24) is 0 Å². The zero-order valence-corrected chi connectivity index (χ0v) is 53.8. The molecular weight excluding hydrogens is 1070 g/mol. The van der Waals surface area contributed by atoms with E-state index in [1.165, 1.54) is 103 Å². The van der Waals surface area contributed by atoms with Crippen LogP contribution < -0.4 is 0 Å². The minimum absolute atomic E-state index is 0.0554. The summed E-state index contributed by atoms with van der Waals surface area (Å²) in [4.78, 5) is 51.4. The van der Waals surface area contributed by atoms with Gasteiger partial charge < -0.3 is 39.0 Å². The van der Waals surface area contributed by atoms with Crippen LogP contribution in [0.1, 0.15) is 290 Å². The largest absolute Gasteiger partial charge is 0.479 e. The van der Waals surface area contributed by atoms with Gasteiger partial charge in [-0.2, -0.15) is 0 Å². The maximum absolute atomic E-state index is 13.2. The number of ether oxygens (including phenoxy) is 5. The molecule has 12 heteroatoms. The first-order valence-electron chi connectivity index (χ1n) is 34.2. The molecule has 0 saturated carbocycles. The highest BCUT2D eigenvalue weighted by Gasteiger charge is 2.50. The highest BCUT2D eigenvalue weighted by atomic mass is 16.7. The molecule has 0 aromatic rings. The maximum Gasteiger partial charge on any atom is 0.335 e. The zero-order valence-electron chi connectivity index (χ0n) is 53.8. The van der Waals surface area contributed by atoms with Crippen LogP contribution in [0, 0.1) is 0 Å². The average molecular weight is 1190 g/mol. The topological polar surface area (TPSA) is 175 Å². The molecule has 0 spiro atoms. The predicted octanol–water partition coefficient (Wildman–Crippen LogP) is 18.8. The number of aliphatic carboxylic acids is 1. The van der Waals surface area contributed by atoms with Crippen LogP contribution in [-0.2, 0) is 42.9 Å². The summed E-state index contributed by atoms with van der Waals surface area (Å²) in [6.07, 6.45) is 67.8. The first kappa shape index (κ1) is 78.7. The summed E-state index contributed by atoms with van der Waals surface area (Å²) in [6, 6.07) is 0. The van der Waals surface area contributed by atoms with Gasteiger partial charge in [-0.15, -0.1) is 0 Å². The summed E-state index contributed by atoms with van der Waals surface area (Å²) < 4.78 is 28.6. The number of carboxylic acids is 1. The van der Waals surface area contributed by atoms with Gasteiger partial charge in [0.1, 0.15) is 18.8 Å². The van der Waals surface area contributed by atoms with E-state index < -0.39 is 67.3 Å². The Kier molecular flexibility index (Phi) is 55.5. The van der Waals surface area contributed by atoms with Gasteiger partial charge in [0.2, 0.25) is 0 Å². The number of aliphatic hydroxyl groups excluding tert-OH is 2. The second-order valence-electron chi connectivity index (χ2n) is 23.1. The molecule has 6 atom stereocenters. The highest BCUT2D eigenvalue weighted by Crippen LogP contribution is 2.27. The Bertz CT molecular complexity index is 1840. The number of carbonyl (C=O) groups is 4. The molecular formula is C73H122O12. The van der Waals surface area contributed by atoms with Crippen LogP contribution >= 0.6 is 0 Å². The van der Waals surface area contributed by atoms with Crippen LogP contribution in [0.4, 0.5) is 0 Å². The number of carbonyl (C=O) groups excluding carboxylic acids is 3. The number of esters is 3. The van der Waals surface area contributed by atoms with Crippen LogP contribution in [0.2, 0.25) is 0 Å². The van der Waals surface area contributed by atoms with E-state index in [4.69, 9.17) is 23.7 Å². The SMILES string of the molecule is CC/C=C\C/C=C\C/C=C\C/C=C\C/C=C\CCCCCC(=O)OCC(COC1OC(C(=O)O)C(O)C(O)C1OC(=O)CCCCCCCCCCCCCCCCCCC)OC(=O)CCCCCCCC/C=C\C/C=C\C/C=C\CCCCC. The smallest absolute Gasteiger partial charge is 0.335 e. The summed E-state index contributed by atoms with van der Waals surface area (Å²) in [5.41, 5.74) is 0. The number of unbranched alkanes of at least 4 members (excludes halogenated alkanes) is 28. The van der Waals surface area contributed by atoms with Crippen molar-refractivity contribution in [3.63, 3.8) is 0 Å². The van der Waals surface area contributed by atoms with Gasteiger partial charge in [0.05, 0.1) is 6.61 Å². The highest BCUT2D eigenvalue weighted by molar-refractivity contribution is 5.74. The fraction of sp³-hybridized carbons (Fsp3) is 0.726. The summed E-state index contributed by atoms with van der Waals surface area (Å²) in [5.74, 6) is -3.17.